The number of aryl methyl sites for hydroxylation is 1. The lowest BCUT2D eigenvalue weighted by Gasteiger charge is -2.40. The van der Waals surface area contributed by atoms with Crippen LogP contribution in [0.3, 0.4) is 0 Å². The first-order chi connectivity index (χ1) is 18.7. The number of hydrogen-bond donors (Lipinski definition) is 1. The number of pyridine rings is 1. The van der Waals surface area contributed by atoms with Crippen molar-refractivity contribution in [1.29, 1.82) is 0 Å². The third-order valence-electron chi connectivity index (χ3n) is 9.77. The molecule has 4 atom stereocenters. The minimum absolute atomic E-state index is 0.0235. The van der Waals surface area contributed by atoms with Crippen molar-refractivity contribution in [3.63, 3.8) is 0 Å². The number of rotatable bonds is 6. The molecule has 7 rings (SSSR count). The fourth-order valence-electron chi connectivity index (χ4n) is 7.82. The van der Waals surface area contributed by atoms with E-state index >= 15 is 0 Å². The molecule has 202 valence electrons. The molecule has 0 saturated heterocycles. The van der Waals surface area contributed by atoms with Crippen LogP contribution in [0.15, 0.2) is 48.5 Å². The zero-order valence-electron chi connectivity index (χ0n) is 21.7. The minimum atomic E-state index is -4.39. The van der Waals surface area contributed by atoms with E-state index in [-0.39, 0.29) is 35.7 Å². The summed E-state index contributed by atoms with van der Waals surface area (Å²) < 4.78 is 48.0. The number of carboxylic acids is 1. The number of carboxylic acid groups (broad SMARTS) is 1. The largest absolute Gasteiger partial charge is 0.481 e. The smallest absolute Gasteiger partial charge is 0.416 e. The van der Waals surface area contributed by atoms with Gasteiger partial charge in [-0.1, -0.05) is 49.7 Å². The maximum Gasteiger partial charge on any atom is 0.416 e. The Kier molecular flexibility index (Phi) is 5.42. The Morgan fingerprint density at radius 2 is 1.92 bits per heavy atom. The number of aromatic nitrogens is 1. The molecule has 1 aromatic heterocycles. The van der Waals surface area contributed by atoms with E-state index in [4.69, 9.17) is 9.72 Å². The van der Waals surface area contributed by atoms with Gasteiger partial charge in [0.2, 0.25) is 5.88 Å². The van der Waals surface area contributed by atoms with Crippen molar-refractivity contribution < 1.29 is 27.8 Å². The maximum atomic E-state index is 13.9. The molecule has 1 heterocycles. The highest BCUT2D eigenvalue weighted by molar-refractivity contribution is 5.78. The van der Waals surface area contributed by atoms with Crippen molar-refractivity contribution in [2.45, 2.75) is 75.5 Å². The number of halogens is 3. The second-order valence-corrected chi connectivity index (χ2v) is 11.8. The summed E-state index contributed by atoms with van der Waals surface area (Å²) in [5.74, 6) is -0.565. The molecule has 0 radical (unpaired) electrons. The molecule has 2 saturated carbocycles. The van der Waals surface area contributed by atoms with Gasteiger partial charge in [-0.15, -0.1) is 0 Å². The van der Waals surface area contributed by atoms with E-state index in [0.717, 1.165) is 53.6 Å². The molecule has 2 fully saturated rings. The van der Waals surface area contributed by atoms with Crippen molar-refractivity contribution in [1.82, 2.24) is 4.98 Å². The molecular formula is C32H30F3NO3. The number of ether oxygens (including phenoxy) is 1. The Labute approximate surface area is 225 Å². The van der Waals surface area contributed by atoms with E-state index < -0.39 is 17.7 Å². The molecule has 0 aliphatic heterocycles. The number of hydrogen-bond acceptors (Lipinski definition) is 3. The Morgan fingerprint density at radius 3 is 2.62 bits per heavy atom. The molecular weight excluding hydrogens is 503 g/mol. The highest BCUT2D eigenvalue weighted by Crippen LogP contribution is 2.62. The summed E-state index contributed by atoms with van der Waals surface area (Å²) in [7, 11) is 0. The summed E-state index contributed by atoms with van der Waals surface area (Å²) in [6.07, 6.45) is 0.908. The van der Waals surface area contributed by atoms with Gasteiger partial charge in [-0.25, -0.2) is 4.98 Å². The van der Waals surface area contributed by atoms with Gasteiger partial charge in [-0.3, -0.25) is 4.79 Å². The number of carbonyl (C=O) groups is 1. The summed E-state index contributed by atoms with van der Waals surface area (Å²) in [6, 6.07) is 14.1. The quantitative estimate of drug-likeness (QED) is 0.365. The normalized spacial score (nSPS) is 25.5. The standard InChI is InChI=1S/C32H30F3NO3/c1-2-25-27-18(13-21-28(27)29(21)30(37)38)14-26(36-25)39-16-17-8-9-23-20(12-17)22(15-31(23)10-5-11-31)19-6-3-4-7-24(19)32(33,34)35/h3-4,6-9,12,14,21-22,28-29H,2,5,10-11,13,15-16H2,1H3,(H,37,38)/t21-,22?,28-,29+/m1/s1. The molecule has 4 nitrogen and oxygen atoms in total. The number of alkyl halides is 3. The molecule has 0 amide bonds. The second kappa shape index (κ2) is 8.57. The predicted octanol–water partition coefficient (Wildman–Crippen LogP) is 7.17. The molecule has 2 aromatic carbocycles. The first-order valence-corrected chi connectivity index (χ1v) is 13.9. The van der Waals surface area contributed by atoms with Gasteiger partial charge < -0.3 is 9.84 Å². The number of fused-ring (bicyclic) bond motifs is 5. The Morgan fingerprint density at radius 1 is 1.13 bits per heavy atom. The zero-order chi connectivity index (χ0) is 27.1. The highest BCUT2D eigenvalue weighted by Gasteiger charge is 2.60. The van der Waals surface area contributed by atoms with E-state index in [2.05, 4.69) is 6.07 Å². The monoisotopic (exact) mass is 533 g/mol. The topological polar surface area (TPSA) is 59.4 Å². The average molecular weight is 534 g/mol. The third-order valence-corrected chi connectivity index (χ3v) is 9.77. The maximum absolute atomic E-state index is 13.9. The molecule has 7 heteroatoms. The summed E-state index contributed by atoms with van der Waals surface area (Å²) in [5, 5.41) is 9.48. The van der Waals surface area contributed by atoms with Crippen LogP contribution in [0.1, 0.15) is 89.1 Å². The SMILES string of the molecule is CCc1nc(OCc2ccc3c(c2)C(c2ccccc2C(F)(F)F)CC32CCC2)cc2c1[C@H]1[C@@H](C2)[C@@H]1C(=O)O. The van der Waals surface area contributed by atoms with Crippen LogP contribution in [0, 0.1) is 11.8 Å². The lowest BCUT2D eigenvalue weighted by molar-refractivity contribution is -0.139. The molecule has 1 spiro atoms. The first-order valence-electron chi connectivity index (χ1n) is 13.9. The summed E-state index contributed by atoms with van der Waals surface area (Å²) in [5.41, 5.74) is 6.02. The fraction of sp³-hybridized carbons (Fsp3) is 0.438. The Bertz CT molecular complexity index is 1490. The molecule has 39 heavy (non-hydrogen) atoms. The summed E-state index contributed by atoms with van der Waals surface area (Å²) in [4.78, 5) is 16.3. The average Bonchev–Trinajstić information content (AvgIpc) is 3.30. The zero-order valence-corrected chi connectivity index (χ0v) is 21.7. The second-order valence-electron chi connectivity index (χ2n) is 11.8. The van der Waals surface area contributed by atoms with Gasteiger partial charge in [-0.05, 0) is 82.9 Å². The minimum Gasteiger partial charge on any atom is -0.481 e. The van der Waals surface area contributed by atoms with Crippen molar-refractivity contribution in [2.24, 2.45) is 11.8 Å². The van der Waals surface area contributed by atoms with Gasteiger partial charge in [-0.2, -0.15) is 13.2 Å². The van der Waals surface area contributed by atoms with E-state index in [9.17, 15) is 23.1 Å². The first kappa shape index (κ1) is 24.7. The number of nitrogens with zero attached hydrogens (tertiary/aromatic N) is 1. The van der Waals surface area contributed by atoms with E-state index in [1.807, 2.05) is 25.1 Å². The van der Waals surface area contributed by atoms with Crippen molar-refractivity contribution in [3.8, 4) is 5.88 Å². The molecule has 1 unspecified atom stereocenters. The van der Waals surface area contributed by atoms with Crippen LogP contribution >= 0.6 is 0 Å². The van der Waals surface area contributed by atoms with Gasteiger partial charge in [0.15, 0.2) is 0 Å². The van der Waals surface area contributed by atoms with Gasteiger partial charge in [0.25, 0.3) is 0 Å². The number of aliphatic carboxylic acids is 1. The molecule has 0 bridgehead atoms. The Balaban J connectivity index is 1.17. The van der Waals surface area contributed by atoms with Crippen LogP contribution in [0.5, 0.6) is 5.88 Å². The van der Waals surface area contributed by atoms with E-state index in [1.165, 1.54) is 17.7 Å². The van der Waals surface area contributed by atoms with Crippen molar-refractivity contribution >= 4 is 5.97 Å². The summed E-state index contributed by atoms with van der Waals surface area (Å²) in [6.45, 7) is 2.29. The van der Waals surface area contributed by atoms with Crippen molar-refractivity contribution in [3.05, 3.63) is 93.2 Å². The van der Waals surface area contributed by atoms with Crippen LogP contribution in [0.4, 0.5) is 13.2 Å². The van der Waals surface area contributed by atoms with E-state index in [1.54, 1.807) is 12.1 Å². The van der Waals surface area contributed by atoms with Gasteiger partial charge in [0, 0.05) is 23.6 Å². The molecule has 3 aromatic rings. The molecule has 4 aliphatic carbocycles. The van der Waals surface area contributed by atoms with Crippen LogP contribution in [-0.4, -0.2) is 16.1 Å². The Hall–Kier alpha value is -3.35. The van der Waals surface area contributed by atoms with Crippen LogP contribution in [-0.2, 0) is 35.8 Å². The fourth-order valence-corrected chi connectivity index (χ4v) is 7.82. The van der Waals surface area contributed by atoms with Gasteiger partial charge in [0.05, 0.1) is 11.5 Å². The van der Waals surface area contributed by atoms with Crippen molar-refractivity contribution in [2.75, 3.05) is 0 Å². The predicted molar refractivity (Wildman–Crippen MR) is 139 cm³/mol. The third kappa shape index (κ3) is 3.80. The summed E-state index contributed by atoms with van der Waals surface area (Å²) >= 11 is 0. The lowest BCUT2D eigenvalue weighted by atomic mass is 9.64. The van der Waals surface area contributed by atoms with Crippen LogP contribution in [0.25, 0.3) is 0 Å². The molecule has 4 aliphatic rings. The van der Waals surface area contributed by atoms with Crippen LogP contribution < -0.4 is 4.74 Å². The highest BCUT2D eigenvalue weighted by atomic mass is 19.4. The lowest BCUT2D eigenvalue weighted by Crippen LogP contribution is -2.31. The number of benzene rings is 2. The van der Waals surface area contributed by atoms with Gasteiger partial charge in [0.1, 0.15) is 6.61 Å². The van der Waals surface area contributed by atoms with E-state index in [0.29, 0.717) is 24.3 Å². The van der Waals surface area contributed by atoms with Gasteiger partial charge >= 0.3 is 12.1 Å². The molecule has 1 N–H and O–H groups in total. The van der Waals surface area contributed by atoms with Crippen LogP contribution in [0.2, 0.25) is 0 Å².